The van der Waals surface area contributed by atoms with Crippen molar-refractivity contribution in [2.24, 2.45) is 45.8 Å². The first-order valence-electron chi connectivity index (χ1n) is 12.0. The number of methoxy groups -OCH3 is 3. The van der Waals surface area contributed by atoms with E-state index in [1.54, 1.807) is 0 Å². The van der Waals surface area contributed by atoms with Gasteiger partial charge in [-0.15, -0.1) is 0 Å². The van der Waals surface area contributed by atoms with Crippen molar-refractivity contribution in [1.29, 1.82) is 0 Å². The maximum atomic E-state index is 13.2. The second-order valence-corrected chi connectivity index (χ2v) is 11.1. The van der Waals surface area contributed by atoms with Gasteiger partial charge in [-0.1, -0.05) is 19.4 Å². The van der Waals surface area contributed by atoms with E-state index in [0.717, 1.165) is 19.3 Å². The first-order chi connectivity index (χ1) is 15.5. The molecule has 33 heavy (non-hydrogen) atoms. The summed E-state index contributed by atoms with van der Waals surface area (Å²) in [6.07, 6.45) is 6.58. The fourth-order valence-corrected chi connectivity index (χ4v) is 8.74. The monoisotopic (exact) mass is 460 g/mol. The molecule has 2 bridgehead atoms. The van der Waals surface area contributed by atoms with Crippen LogP contribution in [0.2, 0.25) is 0 Å². The molecule has 0 N–H and O–H groups in total. The number of esters is 3. The molecule has 0 saturated heterocycles. The van der Waals surface area contributed by atoms with Crippen LogP contribution >= 0.6 is 0 Å². The van der Waals surface area contributed by atoms with E-state index in [9.17, 15) is 19.2 Å². The minimum Gasteiger partial charge on any atom is -0.469 e. The van der Waals surface area contributed by atoms with E-state index < -0.39 is 40.5 Å². The van der Waals surface area contributed by atoms with Gasteiger partial charge in [0.2, 0.25) is 0 Å². The van der Waals surface area contributed by atoms with Gasteiger partial charge < -0.3 is 14.2 Å². The molecule has 0 heterocycles. The minimum atomic E-state index is -0.738. The zero-order valence-electron chi connectivity index (χ0n) is 20.6. The second-order valence-electron chi connectivity index (χ2n) is 11.1. The molecule has 0 aromatic carbocycles. The molecule has 8 atom stereocenters. The van der Waals surface area contributed by atoms with Crippen LogP contribution in [0.5, 0.6) is 0 Å². The number of carbonyl (C=O) groups is 4. The van der Waals surface area contributed by atoms with E-state index in [2.05, 4.69) is 6.92 Å². The summed E-state index contributed by atoms with van der Waals surface area (Å²) in [5.41, 5.74) is -0.865. The zero-order chi connectivity index (χ0) is 24.3. The van der Waals surface area contributed by atoms with Crippen LogP contribution in [0.3, 0.4) is 0 Å². The number of allylic oxidation sites excluding steroid dienone is 2. The number of hydrogen-bond donors (Lipinski definition) is 0. The summed E-state index contributed by atoms with van der Waals surface area (Å²) in [4.78, 5) is 51.8. The van der Waals surface area contributed by atoms with Gasteiger partial charge in [-0.3, -0.25) is 19.2 Å². The van der Waals surface area contributed by atoms with Gasteiger partial charge in [0.1, 0.15) is 0 Å². The molecule has 3 fully saturated rings. The predicted octanol–water partition coefficient (Wildman–Crippen LogP) is 3.50. The smallest absolute Gasteiger partial charge is 0.311 e. The lowest BCUT2D eigenvalue weighted by molar-refractivity contribution is -0.209. The van der Waals surface area contributed by atoms with Crippen LogP contribution in [-0.2, 0) is 33.4 Å². The van der Waals surface area contributed by atoms with E-state index in [1.165, 1.54) is 28.3 Å². The molecule has 7 heteroatoms. The molecule has 5 aliphatic carbocycles. The fraction of sp³-hybridized carbons (Fsp3) is 0.769. The van der Waals surface area contributed by atoms with Crippen LogP contribution in [0, 0.1) is 45.8 Å². The van der Waals surface area contributed by atoms with Crippen molar-refractivity contribution in [2.75, 3.05) is 21.3 Å². The van der Waals surface area contributed by atoms with E-state index >= 15 is 0 Å². The maximum Gasteiger partial charge on any atom is 0.311 e. The molecular formula is C26H36O7. The van der Waals surface area contributed by atoms with Gasteiger partial charge in [0.05, 0.1) is 38.6 Å². The van der Waals surface area contributed by atoms with Gasteiger partial charge in [0.15, 0.2) is 5.78 Å². The van der Waals surface area contributed by atoms with E-state index in [-0.39, 0.29) is 29.0 Å². The molecule has 0 aliphatic heterocycles. The average Bonchev–Trinajstić information content (AvgIpc) is 2.80. The Morgan fingerprint density at radius 3 is 2.15 bits per heavy atom. The van der Waals surface area contributed by atoms with Crippen molar-refractivity contribution in [3.05, 3.63) is 11.6 Å². The summed E-state index contributed by atoms with van der Waals surface area (Å²) >= 11 is 0. The third-order valence-electron chi connectivity index (χ3n) is 9.96. The normalized spacial score (nSPS) is 43.5. The Labute approximate surface area is 195 Å². The van der Waals surface area contributed by atoms with Gasteiger partial charge in [0.25, 0.3) is 0 Å². The SMILES string of the molecule is COC(=O)C1C2CC3C4(C)CCCC(C)(C(=O)OC)C4CCC3(C=C2C(C)=O)C1C(=O)OC. The molecule has 8 unspecified atom stereocenters. The number of ketones is 1. The Morgan fingerprint density at radius 1 is 0.909 bits per heavy atom. The van der Waals surface area contributed by atoms with Crippen LogP contribution in [-0.4, -0.2) is 45.0 Å². The summed E-state index contributed by atoms with van der Waals surface area (Å²) in [6.45, 7) is 5.79. The van der Waals surface area contributed by atoms with Crippen molar-refractivity contribution in [3.8, 4) is 0 Å². The highest BCUT2D eigenvalue weighted by Crippen LogP contribution is 2.73. The van der Waals surface area contributed by atoms with Gasteiger partial charge in [-0.2, -0.15) is 0 Å². The molecule has 3 saturated carbocycles. The third-order valence-corrected chi connectivity index (χ3v) is 9.96. The molecule has 182 valence electrons. The fourth-order valence-electron chi connectivity index (χ4n) is 8.74. The summed E-state index contributed by atoms with van der Waals surface area (Å²) in [5.74, 6) is -2.81. The predicted molar refractivity (Wildman–Crippen MR) is 119 cm³/mol. The molecule has 0 radical (unpaired) electrons. The Balaban J connectivity index is 1.90. The Morgan fingerprint density at radius 2 is 1.58 bits per heavy atom. The quantitative estimate of drug-likeness (QED) is 0.468. The number of rotatable bonds is 4. The van der Waals surface area contributed by atoms with Crippen LogP contribution < -0.4 is 0 Å². The third kappa shape index (κ3) is 3.06. The molecule has 5 aliphatic rings. The highest BCUT2D eigenvalue weighted by Gasteiger charge is 2.71. The summed E-state index contributed by atoms with van der Waals surface area (Å²) < 4.78 is 15.6. The maximum absolute atomic E-state index is 13.2. The van der Waals surface area contributed by atoms with E-state index in [0.29, 0.717) is 24.8 Å². The highest BCUT2D eigenvalue weighted by molar-refractivity contribution is 5.97. The van der Waals surface area contributed by atoms with Crippen molar-refractivity contribution in [3.63, 3.8) is 0 Å². The average molecular weight is 461 g/mol. The molecule has 0 aromatic rings. The molecule has 5 rings (SSSR count). The van der Waals surface area contributed by atoms with Gasteiger partial charge >= 0.3 is 17.9 Å². The highest BCUT2D eigenvalue weighted by atomic mass is 16.5. The lowest BCUT2D eigenvalue weighted by atomic mass is 9.34. The zero-order valence-corrected chi connectivity index (χ0v) is 20.6. The van der Waals surface area contributed by atoms with Crippen molar-refractivity contribution < 1.29 is 33.4 Å². The molecule has 0 amide bonds. The second kappa shape index (κ2) is 7.95. The number of fused-ring (bicyclic) bond motifs is 2. The van der Waals surface area contributed by atoms with Gasteiger partial charge in [0, 0.05) is 11.3 Å². The summed E-state index contributed by atoms with van der Waals surface area (Å²) in [5, 5.41) is 0. The molecular weight excluding hydrogens is 424 g/mol. The van der Waals surface area contributed by atoms with Crippen LogP contribution in [0.4, 0.5) is 0 Å². The number of hydrogen-bond acceptors (Lipinski definition) is 7. The largest absolute Gasteiger partial charge is 0.469 e. The molecule has 7 nitrogen and oxygen atoms in total. The van der Waals surface area contributed by atoms with Crippen LogP contribution in [0.1, 0.15) is 59.3 Å². The topological polar surface area (TPSA) is 96.0 Å². The van der Waals surface area contributed by atoms with E-state index in [1.807, 2.05) is 13.0 Å². The number of carbonyl (C=O) groups excluding carboxylic acids is 4. The summed E-state index contributed by atoms with van der Waals surface area (Å²) in [7, 11) is 4.12. The number of ether oxygens (including phenoxy) is 3. The first-order valence-corrected chi connectivity index (χ1v) is 12.0. The molecule has 0 aromatic heterocycles. The Hall–Kier alpha value is -2.18. The standard InChI is InChI=1S/C26H36O7/c1-14(27)16-13-26-11-8-17-24(2,9-7-10-25(17,3)23(30)33-6)18(26)12-15(16)19(21(28)31-4)20(26)22(29)32-5/h13,15,17-20H,7-12H2,1-6H3. The van der Waals surface area contributed by atoms with Crippen molar-refractivity contribution in [2.45, 2.75) is 59.3 Å². The van der Waals surface area contributed by atoms with E-state index in [4.69, 9.17) is 14.2 Å². The summed E-state index contributed by atoms with van der Waals surface area (Å²) in [6, 6.07) is 0. The van der Waals surface area contributed by atoms with Crippen LogP contribution in [0.25, 0.3) is 0 Å². The lowest BCUT2D eigenvalue weighted by Crippen LogP contribution is -2.66. The first kappa shape index (κ1) is 24.0. The van der Waals surface area contributed by atoms with Crippen molar-refractivity contribution >= 4 is 23.7 Å². The van der Waals surface area contributed by atoms with Gasteiger partial charge in [-0.25, -0.2) is 0 Å². The Bertz CT molecular complexity index is 922. The lowest BCUT2D eigenvalue weighted by Gasteiger charge is -2.68. The Kier molecular flexibility index (Phi) is 5.77. The minimum absolute atomic E-state index is 0.0473. The number of Topliss-reactive ketones (excluding diaryl/α,β-unsaturated/α-hetero) is 1. The van der Waals surface area contributed by atoms with Gasteiger partial charge in [-0.05, 0) is 68.8 Å². The molecule has 1 spiro atoms. The van der Waals surface area contributed by atoms with Crippen LogP contribution in [0.15, 0.2) is 11.6 Å². The van der Waals surface area contributed by atoms with Crippen molar-refractivity contribution in [1.82, 2.24) is 0 Å².